The van der Waals surface area contributed by atoms with Gasteiger partial charge in [0.15, 0.2) is 0 Å². The molecule has 0 saturated carbocycles. The molecule has 0 saturated heterocycles. The number of hydrogen-bond donors (Lipinski definition) is 0. The standard InChI is InChI=1S/C16H18BrN/c1-3-13(2)18(15-7-5-4-6-8-15)16-11-9-14(17)10-12-16/h4-13H,3H2,1-2H3. The van der Waals surface area contributed by atoms with Crippen molar-refractivity contribution < 1.29 is 0 Å². The van der Waals surface area contributed by atoms with Crippen molar-refractivity contribution in [1.82, 2.24) is 0 Å². The monoisotopic (exact) mass is 303 g/mol. The number of hydrogen-bond acceptors (Lipinski definition) is 1. The maximum Gasteiger partial charge on any atom is 0.0414 e. The predicted octanol–water partition coefficient (Wildman–Crippen LogP) is 5.39. The summed E-state index contributed by atoms with van der Waals surface area (Å²) < 4.78 is 1.11. The van der Waals surface area contributed by atoms with Crippen LogP contribution in [0, 0.1) is 0 Å². The van der Waals surface area contributed by atoms with Crippen molar-refractivity contribution in [3.63, 3.8) is 0 Å². The molecule has 0 bridgehead atoms. The molecule has 0 heterocycles. The van der Waals surface area contributed by atoms with Crippen LogP contribution in [0.15, 0.2) is 59.1 Å². The highest BCUT2D eigenvalue weighted by molar-refractivity contribution is 9.10. The van der Waals surface area contributed by atoms with Crippen LogP contribution in [-0.4, -0.2) is 6.04 Å². The highest BCUT2D eigenvalue weighted by Crippen LogP contribution is 2.29. The molecule has 94 valence electrons. The molecule has 2 heteroatoms. The summed E-state index contributed by atoms with van der Waals surface area (Å²) in [4.78, 5) is 2.38. The normalized spacial score (nSPS) is 12.2. The summed E-state index contributed by atoms with van der Waals surface area (Å²) in [5.41, 5.74) is 2.48. The lowest BCUT2D eigenvalue weighted by Crippen LogP contribution is -2.27. The lowest BCUT2D eigenvalue weighted by molar-refractivity contribution is 0.688. The van der Waals surface area contributed by atoms with Gasteiger partial charge in [0.1, 0.15) is 0 Å². The molecule has 0 aliphatic heterocycles. The molecule has 0 aliphatic carbocycles. The van der Waals surface area contributed by atoms with E-state index in [1.165, 1.54) is 11.4 Å². The average Bonchev–Trinajstić information content (AvgIpc) is 2.42. The van der Waals surface area contributed by atoms with E-state index in [1.807, 2.05) is 0 Å². The average molecular weight is 304 g/mol. The van der Waals surface area contributed by atoms with Crippen LogP contribution >= 0.6 is 15.9 Å². The molecule has 0 amide bonds. The van der Waals surface area contributed by atoms with Gasteiger partial charge in [-0.25, -0.2) is 0 Å². The van der Waals surface area contributed by atoms with Gasteiger partial charge in [-0.3, -0.25) is 0 Å². The molecule has 0 spiro atoms. The third-order valence-electron chi connectivity index (χ3n) is 3.17. The Morgan fingerprint density at radius 1 is 0.944 bits per heavy atom. The van der Waals surface area contributed by atoms with Crippen LogP contribution in [0.5, 0.6) is 0 Å². The summed E-state index contributed by atoms with van der Waals surface area (Å²) in [5, 5.41) is 0. The van der Waals surface area contributed by atoms with Crippen LogP contribution < -0.4 is 4.90 Å². The van der Waals surface area contributed by atoms with Crippen LogP contribution in [-0.2, 0) is 0 Å². The smallest absolute Gasteiger partial charge is 0.0414 e. The van der Waals surface area contributed by atoms with E-state index in [9.17, 15) is 0 Å². The van der Waals surface area contributed by atoms with Crippen molar-refractivity contribution >= 4 is 27.3 Å². The van der Waals surface area contributed by atoms with Gasteiger partial charge in [-0.2, -0.15) is 0 Å². The van der Waals surface area contributed by atoms with Crippen LogP contribution in [0.3, 0.4) is 0 Å². The van der Waals surface area contributed by atoms with Gasteiger partial charge in [0, 0.05) is 21.9 Å². The summed E-state index contributed by atoms with van der Waals surface area (Å²) in [5.74, 6) is 0. The van der Waals surface area contributed by atoms with Gasteiger partial charge in [-0.1, -0.05) is 41.1 Å². The van der Waals surface area contributed by atoms with Crippen LogP contribution in [0.4, 0.5) is 11.4 Å². The molecule has 18 heavy (non-hydrogen) atoms. The van der Waals surface area contributed by atoms with Gasteiger partial charge in [0.25, 0.3) is 0 Å². The van der Waals surface area contributed by atoms with Crippen LogP contribution in [0.25, 0.3) is 0 Å². The molecule has 0 fully saturated rings. The quantitative estimate of drug-likeness (QED) is 0.732. The van der Waals surface area contributed by atoms with Crippen molar-refractivity contribution in [1.29, 1.82) is 0 Å². The first-order valence-electron chi connectivity index (χ1n) is 6.32. The second-order valence-corrected chi connectivity index (χ2v) is 5.35. The summed E-state index contributed by atoms with van der Waals surface area (Å²) in [6, 6.07) is 19.5. The molecule has 0 aliphatic rings. The van der Waals surface area contributed by atoms with Crippen molar-refractivity contribution in [2.24, 2.45) is 0 Å². The van der Waals surface area contributed by atoms with Crippen molar-refractivity contribution in [3.8, 4) is 0 Å². The fourth-order valence-corrected chi connectivity index (χ4v) is 2.30. The highest BCUT2D eigenvalue weighted by Gasteiger charge is 2.14. The van der Waals surface area contributed by atoms with Crippen LogP contribution in [0.1, 0.15) is 20.3 Å². The summed E-state index contributed by atoms with van der Waals surface area (Å²) in [6.07, 6.45) is 1.12. The van der Waals surface area contributed by atoms with Gasteiger partial charge < -0.3 is 4.90 Å². The Bertz CT molecular complexity index is 478. The summed E-state index contributed by atoms with van der Waals surface area (Å²) >= 11 is 3.49. The fraction of sp³-hybridized carbons (Fsp3) is 0.250. The zero-order valence-electron chi connectivity index (χ0n) is 10.8. The minimum Gasteiger partial charge on any atom is -0.339 e. The molecule has 0 radical (unpaired) electrons. The minimum absolute atomic E-state index is 0.480. The Kier molecular flexibility index (Phi) is 4.43. The molecule has 0 aromatic heterocycles. The van der Waals surface area contributed by atoms with E-state index < -0.39 is 0 Å². The number of benzene rings is 2. The van der Waals surface area contributed by atoms with E-state index in [2.05, 4.69) is 89.3 Å². The zero-order chi connectivity index (χ0) is 13.0. The first kappa shape index (κ1) is 13.2. The second kappa shape index (κ2) is 6.05. The fourth-order valence-electron chi connectivity index (χ4n) is 2.03. The van der Waals surface area contributed by atoms with Crippen molar-refractivity contribution in [2.75, 3.05) is 4.90 Å². The zero-order valence-corrected chi connectivity index (χ0v) is 12.4. The van der Waals surface area contributed by atoms with E-state index in [-0.39, 0.29) is 0 Å². The van der Waals surface area contributed by atoms with Crippen molar-refractivity contribution in [2.45, 2.75) is 26.3 Å². The maximum atomic E-state index is 3.49. The van der Waals surface area contributed by atoms with Gasteiger partial charge >= 0.3 is 0 Å². The van der Waals surface area contributed by atoms with E-state index in [0.717, 1.165) is 10.9 Å². The van der Waals surface area contributed by atoms with Gasteiger partial charge in [0.05, 0.1) is 0 Å². The molecule has 1 nitrogen and oxygen atoms in total. The molecular formula is C16H18BrN. The lowest BCUT2D eigenvalue weighted by atomic mass is 10.1. The largest absolute Gasteiger partial charge is 0.339 e. The first-order chi connectivity index (χ1) is 8.72. The molecule has 1 unspecified atom stereocenters. The highest BCUT2D eigenvalue weighted by atomic mass is 79.9. The molecule has 1 atom stereocenters. The maximum absolute atomic E-state index is 3.49. The van der Waals surface area contributed by atoms with E-state index >= 15 is 0 Å². The van der Waals surface area contributed by atoms with Gasteiger partial charge in [-0.05, 0) is 49.7 Å². The minimum atomic E-state index is 0.480. The number of para-hydroxylation sites is 1. The summed E-state index contributed by atoms with van der Waals surface area (Å²) in [6.45, 7) is 4.48. The third kappa shape index (κ3) is 2.94. The molecule has 2 rings (SSSR count). The van der Waals surface area contributed by atoms with E-state index in [0.29, 0.717) is 6.04 Å². The third-order valence-corrected chi connectivity index (χ3v) is 3.70. The molecular weight excluding hydrogens is 286 g/mol. The molecule has 2 aromatic rings. The van der Waals surface area contributed by atoms with Crippen LogP contribution in [0.2, 0.25) is 0 Å². The van der Waals surface area contributed by atoms with Gasteiger partial charge in [-0.15, -0.1) is 0 Å². The first-order valence-corrected chi connectivity index (χ1v) is 7.11. The number of nitrogens with zero attached hydrogens (tertiary/aromatic N) is 1. The SMILES string of the molecule is CCC(C)N(c1ccccc1)c1ccc(Br)cc1. The van der Waals surface area contributed by atoms with E-state index in [1.54, 1.807) is 0 Å². The second-order valence-electron chi connectivity index (χ2n) is 4.44. The Morgan fingerprint density at radius 2 is 1.50 bits per heavy atom. The van der Waals surface area contributed by atoms with E-state index in [4.69, 9.17) is 0 Å². The Balaban J connectivity index is 2.40. The Hall–Kier alpha value is -1.28. The number of halogens is 1. The predicted molar refractivity (Wildman–Crippen MR) is 82.5 cm³/mol. The summed E-state index contributed by atoms with van der Waals surface area (Å²) in [7, 11) is 0. The molecule has 2 aromatic carbocycles. The Labute approximate surface area is 118 Å². The topological polar surface area (TPSA) is 3.24 Å². The van der Waals surface area contributed by atoms with Gasteiger partial charge in [0.2, 0.25) is 0 Å². The lowest BCUT2D eigenvalue weighted by Gasteiger charge is -2.31. The number of rotatable bonds is 4. The van der Waals surface area contributed by atoms with Crippen molar-refractivity contribution in [3.05, 3.63) is 59.1 Å². The number of anilines is 2. The Morgan fingerprint density at radius 3 is 2.06 bits per heavy atom. The molecule has 0 N–H and O–H groups in total.